The molecule has 3 rings (SSSR count). The zero-order valence-electron chi connectivity index (χ0n) is 13.8. The van der Waals surface area contributed by atoms with E-state index in [-0.39, 0.29) is 11.8 Å². The van der Waals surface area contributed by atoms with Crippen LogP contribution in [0.5, 0.6) is 0 Å². The third-order valence-corrected chi connectivity index (χ3v) is 7.37. The minimum Gasteiger partial charge on any atom is -0.397 e. The smallest absolute Gasteiger partial charge is 0.213 e. The minimum atomic E-state index is -3.16. The number of aromatic nitrogens is 2. The molecule has 8 nitrogen and oxygen atoms in total. The molecule has 2 aromatic heterocycles. The van der Waals surface area contributed by atoms with Crippen molar-refractivity contribution < 1.29 is 13.5 Å². The molecule has 0 bridgehead atoms. The van der Waals surface area contributed by atoms with Gasteiger partial charge < -0.3 is 10.8 Å². The summed E-state index contributed by atoms with van der Waals surface area (Å²) in [5, 5.41) is 22.5. The van der Waals surface area contributed by atoms with Gasteiger partial charge in [-0.25, -0.2) is 8.42 Å². The Morgan fingerprint density at radius 3 is 2.71 bits per heavy atom. The van der Waals surface area contributed by atoms with Crippen molar-refractivity contribution >= 4 is 37.3 Å². The second-order valence-electron chi connectivity index (χ2n) is 5.95. The fourth-order valence-electron chi connectivity index (χ4n) is 2.71. The summed E-state index contributed by atoms with van der Waals surface area (Å²) in [4.78, 5) is 1.28. The molecule has 1 aliphatic heterocycles. The monoisotopic (exact) mass is 371 g/mol. The van der Waals surface area contributed by atoms with E-state index in [1.165, 1.54) is 15.6 Å². The number of nitrogen functional groups attached to an aromatic ring is 1. The largest absolute Gasteiger partial charge is 0.397 e. The van der Waals surface area contributed by atoms with Crippen LogP contribution in [0.15, 0.2) is 0 Å². The van der Waals surface area contributed by atoms with Gasteiger partial charge in [0.2, 0.25) is 10.0 Å². The fourth-order valence-corrected chi connectivity index (χ4v) is 4.94. The summed E-state index contributed by atoms with van der Waals surface area (Å²) in [5.41, 5.74) is 8.46. The Bertz CT molecular complexity index is 874. The molecule has 132 valence electrons. The van der Waals surface area contributed by atoms with Gasteiger partial charge >= 0.3 is 0 Å². The van der Waals surface area contributed by atoms with Crippen LogP contribution in [0.25, 0.3) is 10.2 Å². The van der Waals surface area contributed by atoms with E-state index in [0.29, 0.717) is 28.5 Å². The number of nitrogens with zero attached hydrogens (tertiary/aromatic N) is 3. The van der Waals surface area contributed by atoms with Gasteiger partial charge in [0, 0.05) is 24.5 Å². The Labute approximate surface area is 144 Å². The molecule has 0 saturated carbocycles. The van der Waals surface area contributed by atoms with E-state index in [0.717, 1.165) is 16.6 Å². The van der Waals surface area contributed by atoms with Crippen LogP contribution in [-0.2, 0) is 10.0 Å². The van der Waals surface area contributed by atoms with Crippen molar-refractivity contribution in [3.8, 4) is 0 Å². The van der Waals surface area contributed by atoms with Crippen LogP contribution in [0, 0.1) is 13.8 Å². The molecule has 24 heavy (non-hydrogen) atoms. The zero-order chi connectivity index (χ0) is 17.6. The predicted molar refractivity (Wildman–Crippen MR) is 94.2 cm³/mol. The van der Waals surface area contributed by atoms with Gasteiger partial charge in [-0.05, 0) is 26.3 Å². The molecule has 0 aliphatic carbocycles. The number of aliphatic hydroxyl groups is 1. The molecular weight excluding hydrogens is 350 g/mol. The maximum Gasteiger partial charge on any atom is 0.213 e. The van der Waals surface area contributed by atoms with Crippen LogP contribution in [-0.4, -0.2) is 52.9 Å². The van der Waals surface area contributed by atoms with Gasteiger partial charge in [0.05, 0.1) is 22.0 Å². The topological polar surface area (TPSA) is 121 Å². The summed E-state index contributed by atoms with van der Waals surface area (Å²) in [6.07, 6.45) is -0.958. The highest BCUT2D eigenvalue weighted by Gasteiger charge is 2.36. The van der Waals surface area contributed by atoms with Crippen molar-refractivity contribution in [1.29, 1.82) is 0 Å². The predicted octanol–water partition coefficient (Wildman–Crippen LogP) is 0.505. The van der Waals surface area contributed by atoms with Gasteiger partial charge in [-0.1, -0.05) is 0 Å². The Morgan fingerprint density at radius 2 is 2.08 bits per heavy atom. The van der Waals surface area contributed by atoms with Crippen molar-refractivity contribution in [2.45, 2.75) is 33.0 Å². The molecule has 0 spiro atoms. The highest BCUT2D eigenvalue weighted by molar-refractivity contribution is 7.89. The second-order valence-corrected chi connectivity index (χ2v) is 9.24. The van der Waals surface area contributed by atoms with E-state index in [1.807, 2.05) is 13.8 Å². The first-order valence-corrected chi connectivity index (χ1v) is 10.1. The molecule has 4 N–H and O–H groups in total. The SMILES string of the molecule is CCS(=O)(=O)N1CC(NC(O)c2sc3nnc(C)c(C)c3c2N)C1. The molecule has 1 aliphatic rings. The Morgan fingerprint density at radius 1 is 1.42 bits per heavy atom. The number of thiophene rings is 1. The molecule has 1 saturated heterocycles. The van der Waals surface area contributed by atoms with Gasteiger partial charge in [-0.15, -0.1) is 16.4 Å². The summed E-state index contributed by atoms with van der Waals surface area (Å²) >= 11 is 1.30. The van der Waals surface area contributed by atoms with Crippen LogP contribution >= 0.6 is 11.3 Å². The lowest BCUT2D eigenvalue weighted by Gasteiger charge is -2.39. The Kier molecular flexibility index (Phi) is 4.51. The number of nitrogens with one attached hydrogen (secondary N) is 1. The van der Waals surface area contributed by atoms with E-state index >= 15 is 0 Å². The van der Waals surface area contributed by atoms with Crippen molar-refractivity contribution in [1.82, 2.24) is 19.8 Å². The average Bonchev–Trinajstić information content (AvgIpc) is 2.83. The number of aryl methyl sites for hydroxylation is 2. The quantitative estimate of drug-likeness (QED) is 0.655. The summed E-state index contributed by atoms with van der Waals surface area (Å²) in [5.74, 6) is 0.0861. The van der Waals surface area contributed by atoms with Crippen molar-refractivity contribution in [3.63, 3.8) is 0 Å². The molecular formula is C14H21N5O3S2. The highest BCUT2D eigenvalue weighted by atomic mass is 32.2. The van der Waals surface area contributed by atoms with Gasteiger partial charge in [-0.2, -0.15) is 9.40 Å². The molecule has 10 heteroatoms. The van der Waals surface area contributed by atoms with E-state index in [9.17, 15) is 13.5 Å². The number of sulfonamides is 1. The third kappa shape index (κ3) is 2.88. The highest BCUT2D eigenvalue weighted by Crippen LogP contribution is 2.38. The maximum atomic E-state index is 11.7. The van der Waals surface area contributed by atoms with E-state index < -0.39 is 16.3 Å². The molecule has 2 aromatic rings. The molecule has 1 atom stereocenters. The van der Waals surface area contributed by atoms with Gasteiger partial charge in [0.1, 0.15) is 11.1 Å². The normalized spacial score (nSPS) is 18.0. The van der Waals surface area contributed by atoms with E-state index in [4.69, 9.17) is 5.73 Å². The summed E-state index contributed by atoms with van der Waals surface area (Å²) < 4.78 is 24.9. The first-order valence-electron chi connectivity index (χ1n) is 7.68. The molecule has 0 amide bonds. The summed E-state index contributed by atoms with van der Waals surface area (Å²) in [6, 6.07) is -0.0974. The molecule has 3 heterocycles. The Balaban J connectivity index is 1.75. The lowest BCUT2D eigenvalue weighted by atomic mass is 10.1. The first kappa shape index (κ1) is 17.5. The van der Waals surface area contributed by atoms with Crippen LogP contribution in [0.4, 0.5) is 5.69 Å². The van der Waals surface area contributed by atoms with Crippen LogP contribution in [0.3, 0.4) is 0 Å². The first-order chi connectivity index (χ1) is 11.2. The van der Waals surface area contributed by atoms with E-state index in [1.54, 1.807) is 6.92 Å². The molecule has 1 fully saturated rings. The second kappa shape index (κ2) is 6.19. The lowest BCUT2D eigenvalue weighted by molar-refractivity contribution is 0.0923. The number of hydrogen-bond donors (Lipinski definition) is 3. The van der Waals surface area contributed by atoms with Crippen LogP contribution in [0.2, 0.25) is 0 Å². The zero-order valence-corrected chi connectivity index (χ0v) is 15.4. The summed E-state index contributed by atoms with van der Waals surface area (Å²) in [7, 11) is -3.16. The Hall–Kier alpha value is -1.33. The van der Waals surface area contributed by atoms with Crippen molar-refractivity contribution in [2.24, 2.45) is 0 Å². The van der Waals surface area contributed by atoms with Crippen LogP contribution < -0.4 is 11.1 Å². The lowest BCUT2D eigenvalue weighted by Crippen LogP contribution is -2.60. The number of hydrogen-bond acceptors (Lipinski definition) is 8. The fraction of sp³-hybridized carbons (Fsp3) is 0.571. The molecule has 0 aromatic carbocycles. The number of anilines is 1. The van der Waals surface area contributed by atoms with E-state index in [2.05, 4.69) is 15.5 Å². The molecule has 1 unspecified atom stereocenters. The number of aliphatic hydroxyl groups excluding tert-OH is 1. The third-order valence-electron chi connectivity index (χ3n) is 4.41. The number of nitrogens with two attached hydrogens (primary N) is 1. The van der Waals surface area contributed by atoms with Gasteiger partial charge in [-0.3, -0.25) is 5.32 Å². The van der Waals surface area contributed by atoms with Gasteiger partial charge in [0.15, 0.2) is 0 Å². The van der Waals surface area contributed by atoms with Crippen LogP contribution in [0.1, 0.15) is 29.3 Å². The van der Waals surface area contributed by atoms with Crippen molar-refractivity contribution in [2.75, 3.05) is 24.6 Å². The summed E-state index contributed by atoms with van der Waals surface area (Å²) in [6.45, 7) is 6.13. The standard InChI is InChI=1S/C14H21N5O3S2/c1-4-24(21,22)19-5-9(6-19)16-13(20)12-11(15)10-7(2)8(3)17-18-14(10)23-12/h9,13,16,20H,4-6,15H2,1-3H3. The number of rotatable bonds is 5. The minimum absolute atomic E-state index is 0.0861. The number of fused-ring (bicyclic) bond motifs is 1. The van der Waals surface area contributed by atoms with Gasteiger partial charge in [0.25, 0.3) is 0 Å². The van der Waals surface area contributed by atoms with Crippen molar-refractivity contribution in [3.05, 3.63) is 16.1 Å². The molecule has 0 radical (unpaired) electrons. The average molecular weight is 371 g/mol. The maximum absolute atomic E-state index is 11.7.